The van der Waals surface area contributed by atoms with E-state index in [1.807, 2.05) is 150 Å². The molecule has 5 aromatic carbocycles. The summed E-state index contributed by atoms with van der Waals surface area (Å²) in [5, 5.41) is 17.2. The Morgan fingerprint density at radius 1 is 0.698 bits per heavy atom. The lowest BCUT2D eigenvalue weighted by Gasteiger charge is -2.37. The van der Waals surface area contributed by atoms with Gasteiger partial charge in [0.25, 0.3) is 0 Å². The fourth-order valence-electron chi connectivity index (χ4n) is 8.12. The number of imidazole rings is 1. The zero-order chi connectivity index (χ0) is 44.6. The van der Waals surface area contributed by atoms with E-state index in [4.69, 9.17) is 14.5 Å². The molecule has 63 heavy (non-hydrogen) atoms. The van der Waals surface area contributed by atoms with Crippen molar-refractivity contribution in [3.8, 4) is 11.1 Å². The number of carbonyl (C=O) groups excluding carboxylic acids is 4. The highest BCUT2D eigenvalue weighted by Crippen LogP contribution is 2.45. The summed E-state index contributed by atoms with van der Waals surface area (Å²) >= 11 is 0. The molecule has 0 fully saturated rings. The number of amides is 3. The van der Waals surface area contributed by atoms with Crippen LogP contribution >= 0.6 is 0 Å². The maximum absolute atomic E-state index is 14.0. The summed E-state index contributed by atoms with van der Waals surface area (Å²) in [5.74, 6) is -4.14. The van der Waals surface area contributed by atoms with Gasteiger partial charge in [0.2, 0.25) is 11.8 Å². The summed E-state index contributed by atoms with van der Waals surface area (Å²) in [6, 6.07) is 42.9. The Morgan fingerprint density at radius 3 is 1.71 bits per heavy atom. The number of carboxylic acids is 1. The van der Waals surface area contributed by atoms with Crippen LogP contribution in [0.2, 0.25) is 0 Å². The van der Waals surface area contributed by atoms with Crippen molar-refractivity contribution < 1.29 is 38.6 Å². The number of aliphatic carboxylic acids is 1. The molecular weight excluding hydrogens is 799 g/mol. The minimum Gasteiger partial charge on any atom is -0.480 e. The molecule has 1 aromatic heterocycles. The molecule has 0 saturated carbocycles. The van der Waals surface area contributed by atoms with Crippen LogP contribution in [0.25, 0.3) is 11.1 Å². The molecule has 1 aliphatic rings. The third kappa shape index (κ3) is 9.99. The van der Waals surface area contributed by atoms with E-state index in [2.05, 4.69) is 16.0 Å². The monoisotopic (exact) mass is 847 g/mol. The van der Waals surface area contributed by atoms with Crippen LogP contribution in [-0.2, 0) is 40.6 Å². The number of nitrogens with zero attached hydrogens (tertiary/aromatic N) is 2. The van der Waals surface area contributed by atoms with E-state index in [-0.39, 0.29) is 18.9 Å². The maximum atomic E-state index is 14.0. The quantitative estimate of drug-likeness (QED) is 0.0618. The normalized spacial score (nSPS) is 13.1. The number of rotatable bonds is 16. The highest BCUT2D eigenvalue weighted by molar-refractivity contribution is 5.92. The van der Waals surface area contributed by atoms with Gasteiger partial charge in [-0.2, -0.15) is 0 Å². The Morgan fingerprint density at radius 2 is 1.21 bits per heavy atom. The Labute approximate surface area is 365 Å². The molecule has 0 aliphatic heterocycles. The summed E-state index contributed by atoms with van der Waals surface area (Å²) in [4.78, 5) is 69.8. The van der Waals surface area contributed by atoms with E-state index in [9.17, 15) is 29.1 Å². The van der Waals surface area contributed by atoms with Crippen LogP contribution in [0.3, 0.4) is 0 Å². The van der Waals surface area contributed by atoms with Gasteiger partial charge in [-0.25, -0.2) is 14.6 Å². The molecule has 1 heterocycles. The molecule has 13 nitrogen and oxygen atoms in total. The summed E-state index contributed by atoms with van der Waals surface area (Å²) in [6.07, 6.45) is 1.91. The number of aromatic nitrogens is 2. The number of hydrogen-bond donors (Lipinski definition) is 4. The molecule has 3 amide bonds. The third-order valence-corrected chi connectivity index (χ3v) is 10.8. The molecule has 1 aliphatic carbocycles. The molecule has 322 valence electrons. The van der Waals surface area contributed by atoms with E-state index in [0.29, 0.717) is 5.69 Å². The van der Waals surface area contributed by atoms with Crippen LogP contribution < -0.4 is 16.0 Å². The standard InChI is InChI=1S/C50H49N5O8/c1-49(2,3)63-45(57)28-43(47(59)60)53-44(56)29-51-46(58)42(54-48(61)62-31-41-39-25-15-13-23-37(39)38-24-14-16-26-40(38)41)27-36-30-55(32-52-36)50(33-17-7-4-8-18-33,34-19-9-5-10-20-34)35-21-11-6-12-22-35/h4-26,30,32,41-43H,27-29,31H2,1-3H3,(H,51,58)(H,53,56)(H,54,61)(H,59,60)/t42-,43-/m0/s1. The summed E-state index contributed by atoms with van der Waals surface area (Å²) < 4.78 is 13.0. The molecule has 13 heteroatoms. The smallest absolute Gasteiger partial charge is 0.407 e. The number of alkyl carbamates (subject to hydrolysis) is 1. The van der Waals surface area contributed by atoms with Crippen molar-refractivity contribution in [2.75, 3.05) is 13.2 Å². The summed E-state index contributed by atoms with van der Waals surface area (Å²) in [6.45, 7) is 4.25. The molecule has 6 aromatic rings. The number of ether oxygens (including phenoxy) is 2. The van der Waals surface area contributed by atoms with Gasteiger partial charge >= 0.3 is 18.0 Å². The van der Waals surface area contributed by atoms with Crippen LogP contribution in [-0.4, -0.2) is 75.3 Å². The van der Waals surface area contributed by atoms with E-state index < -0.39 is 66.0 Å². The lowest BCUT2D eigenvalue weighted by molar-refractivity contribution is -0.158. The highest BCUT2D eigenvalue weighted by Gasteiger charge is 2.39. The second kappa shape index (κ2) is 19.0. The highest BCUT2D eigenvalue weighted by atomic mass is 16.6. The van der Waals surface area contributed by atoms with E-state index >= 15 is 0 Å². The second-order valence-corrected chi connectivity index (χ2v) is 16.3. The molecule has 7 rings (SSSR count). The van der Waals surface area contributed by atoms with Gasteiger partial charge in [0.05, 0.1) is 25.0 Å². The van der Waals surface area contributed by atoms with Gasteiger partial charge < -0.3 is 35.1 Å². The molecule has 4 N–H and O–H groups in total. The van der Waals surface area contributed by atoms with Crippen molar-refractivity contribution in [2.45, 2.75) is 62.8 Å². The molecule has 2 atom stereocenters. The number of esters is 1. The number of nitrogens with one attached hydrogen (secondary N) is 3. The van der Waals surface area contributed by atoms with Crippen molar-refractivity contribution in [2.24, 2.45) is 0 Å². The number of carbonyl (C=O) groups is 5. The van der Waals surface area contributed by atoms with E-state index in [1.165, 1.54) is 0 Å². The lowest BCUT2D eigenvalue weighted by Crippen LogP contribution is -2.52. The van der Waals surface area contributed by atoms with Gasteiger partial charge in [0, 0.05) is 18.5 Å². The first-order valence-corrected chi connectivity index (χ1v) is 20.7. The largest absolute Gasteiger partial charge is 0.480 e. The minimum absolute atomic E-state index is 0.00674. The predicted molar refractivity (Wildman–Crippen MR) is 236 cm³/mol. The van der Waals surface area contributed by atoms with Crippen LogP contribution in [0, 0.1) is 0 Å². The number of benzene rings is 5. The fourth-order valence-corrected chi connectivity index (χ4v) is 8.12. The molecular formula is C50H49N5O8. The SMILES string of the molecule is CC(C)(C)OC(=O)C[C@H](NC(=O)CNC(=O)[C@H](Cc1cn(C(c2ccccc2)(c2ccccc2)c2ccccc2)cn1)NC(=O)OCC1c2ccccc2-c2ccccc21)C(=O)O. The topological polar surface area (TPSA) is 178 Å². The second-order valence-electron chi connectivity index (χ2n) is 16.3. The maximum Gasteiger partial charge on any atom is 0.407 e. The average Bonchev–Trinajstić information content (AvgIpc) is 3.87. The van der Waals surface area contributed by atoms with Crippen LogP contribution in [0.15, 0.2) is 152 Å². The Kier molecular flexibility index (Phi) is 13.1. The van der Waals surface area contributed by atoms with Crippen molar-refractivity contribution >= 4 is 29.8 Å². The van der Waals surface area contributed by atoms with Crippen LogP contribution in [0.4, 0.5) is 4.79 Å². The van der Waals surface area contributed by atoms with Gasteiger partial charge in [0.15, 0.2) is 0 Å². The minimum atomic E-state index is -1.61. The average molecular weight is 848 g/mol. The van der Waals surface area contributed by atoms with Crippen molar-refractivity contribution in [3.63, 3.8) is 0 Å². The van der Waals surface area contributed by atoms with Gasteiger partial charge in [-0.1, -0.05) is 140 Å². The number of fused-ring (bicyclic) bond motifs is 3. The van der Waals surface area contributed by atoms with Crippen molar-refractivity contribution in [3.05, 3.63) is 186 Å². The zero-order valence-corrected chi connectivity index (χ0v) is 35.2. The Balaban J connectivity index is 1.14. The molecule has 0 saturated heterocycles. The predicted octanol–water partition coefficient (Wildman–Crippen LogP) is 6.59. The summed E-state index contributed by atoms with van der Waals surface area (Å²) in [7, 11) is 0. The Bertz CT molecular complexity index is 2430. The first kappa shape index (κ1) is 43.5. The first-order chi connectivity index (χ1) is 30.3. The van der Waals surface area contributed by atoms with Crippen LogP contribution in [0.1, 0.15) is 66.6 Å². The van der Waals surface area contributed by atoms with Gasteiger partial charge in [-0.15, -0.1) is 0 Å². The molecule has 0 radical (unpaired) electrons. The third-order valence-electron chi connectivity index (χ3n) is 10.8. The van der Waals surface area contributed by atoms with Crippen molar-refractivity contribution in [1.82, 2.24) is 25.5 Å². The number of carboxylic acid groups (broad SMARTS) is 1. The molecule has 0 bridgehead atoms. The van der Waals surface area contributed by atoms with Gasteiger partial charge in [-0.05, 0) is 59.7 Å². The van der Waals surface area contributed by atoms with Gasteiger partial charge in [0.1, 0.15) is 29.8 Å². The number of hydrogen-bond acceptors (Lipinski definition) is 8. The van der Waals surface area contributed by atoms with E-state index in [0.717, 1.165) is 38.9 Å². The van der Waals surface area contributed by atoms with Crippen LogP contribution in [0.5, 0.6) is 0 Å². The first-order valence-electron chi connectivity index (χ1n) is 20.7. The Hall–Kier alpha value is -7.54. The molecule has 0 spiro atoms. The molecule has 0 unspecified atom stereocenters. The van der Waals surface area contributed by atoms with Gasteiger partial charge in [-0.3, -0.25) is 14.4 Å². The summed E-state index contributed by atoms with van der Waals surface area (Å²) in [5.41, 5.74) is 5.68. The van der Waals surface area contributed by atoms with E-state index in [1.54, 1.807) is 27.1 Å². The van der Waals surface area contributed by atoms with Crippen molar-refractivity contribution in [1.29, 1.82) is 0 Å². The zero-order valence-electron chi connectivity index (χ0n) is 35.2. The lowest BCUT2D eigenvalue weighted by atomic mass is 9.77. The fraction of sp³-hybridized carbons (Fsp3) is 0.240.